The number of hydrogen-bond donors (Lipinski definition) is 2. The van der Waals surface area contributed by atoms with Crippen LogP contribution in [0.25, 0.3) is 0 Å². The number of nitrogens with zero attached hydrogens (tertiary/aromatic N) is 2. The highest BCUT2D eigenvalue weighted by Crippen LogP contribution is 2.16. The van der Waals surface area contributed by atoms with Crippen LogP contribution in [-0.4, -0.2) is 56.1 Å². The maximum Gasteiger partial charge on any atom is 0.337 e. The Morgan fingerprint density at radius 3 is 2.35 bits per heavy atom. The summed E-state index contributed by atoms with van der Waals surface area (Å²) >= 11 is 0. The lowest BCUT2D eigenvalue weighted by Gasteiger charge is -2.10. The predicted molar refractivity (Wildman–Crippen MR) is 101 cm³/mol. The van der Waals surface area contributed by atoms with Crippen molar-refractivity contribution in [3.8, 4) is 0 Å². The maximum atomic E-state index is 12.1. The summed E-state index contributed by atoms with van der Waals surface area (Å²) < 4.78 is 4.66. The van der Waals surface area contributed by atoms with E-state index in [4.69, 9.17) is 0 Å². The first-order valence-corrected chi connectivity index (χ1v) is 8.34. The van der Waals surface area contributed by atoms with E-state index in [1.807, 2.05) is 14.1 Å². The molecule has 0 radical (unpaired) electrons. The topological polar surface area (TPSA) is 83.6 Å². The van der Waals surface area contributed by atoms with Gasteiger partial charge in [0.15, 0.2) is 0 Å². The first-order valence-electron chi connectivity index (χ1n) is 8.34. The minimum atomic E-state index is -0.379. The van der Waals surface area contributed by atoms with Gasteiger partial charge in [-0.3, -0.25) is 4.79 Å². The largest absolute Gasteiger partial charge is 0.465 e. The Morgan fingerprint density at radius 1 is 1.08 bits per heavy atom. The molecule has 26 heavy (non-hydrogen) atoms. The molecule has 0 bridgehead atoms. The lowest BCUT2D eigenvalue weighted by molar-refractivity contribution is 0.0600. The van der Waals surface area contributed by atoms with Gasteiger partial charge in [0.2, 0.25) is 0 Å². The quantitative estimate of drug-likeness (QED) is 0.558. The molecule has 0 aliphatic carbocycles. The highest BCUT2D eigenvalue weighted by atomic mass is 16.5. The van der Waals surface area contributed by atoms with Crippen molar-refractivity contribution in [2.75, 3.05) is 39.6 Å². The van der Waals surface area contributed by atoms with Crippen molar-refractivity contribution in [1.29, 1.82) is 0 Å². The molecule has 1 aromatic heterocycles. The van der Waals surface area contributed by atoms with Crippen molar-refractivity contribution in [1.82, 2.24) is 15.2 Å². The minimum Gasteiger partial charge on any atom is -0.465 e. The van der Waals surface area contributed by atoms with Gasteiger partial charge in [0.25, 0.3) is 5.91 Å². The molecule has 0 atom stereocenters. The molecule has 1 heterocycles. The molecule has 1 aromatic carbocycles. The second-order valence-corrected chi connectivity index (χ2v) is 6.04. The van der Waals surface area contributed by atoms with Crippen LogP contribution in [0.4, 0.5) is 11.5 Å². The molecular formula is C19H24N4O3. The molecular weight excluding hydrogens is 332 g/mol. The number of rotatable bonds is 8. The zero-order chi connectivity index (χ0) is 18.9. The molecule has 7 nitrogen and oxygen atoms in total. The summed E-state index contributed by atoms with van der Waals surface area (Å²) in [6, 6.07) is 10.3. The van der Waals surface area contributed by atoms with E-state index in [-0.39, 0.29) is 11.9 Å². The van der Waals surface area contributed by atoms with Gasteiger partial charge in [-0.1, -0.05) is 0 Å². The fraction of sp³-hybridized carbons (Fsp3) is 0.316. The molecule has 0 saturated heterocycles. The summed E-state index contributed by atoms with van der Waals surface area (Å²) in [5, 5.41) is 5.99. The fourth-order valence-electron chi connectivity index (χ4n) is 2.26. The van der Waals surface area contributed by atoms with Gasteiger partial charge >= 0.3 is 5.97 Å². The zero-order valence-electron chi connectivity index (χ0n) is 15.3. The van der Waals surface area contributed by atoms with E-state index in [0.717, 1.165) is 18.7 Å². The maximum absolute atomic E-state index is 12.1. The smallest absolute Gasteiger partial charge is 0.337 e. The van der Waals surface area contributed by atoms with Gasteiger partial charge in [-0.15, -0.1) is 0 Å². The first kappa shape index (κ1) is 19.4. The van der Waals surface area contributed by atoms with Crippen LogP contribution in [0.2, 0.25) is 0 Å². The average Bonchev–Trinajstić information content (AvgIpc) is 2.65. The lowest BCUT2D eigenvalue weighted by atomic mass is 10.2. The minimum absolute atomic E-state index is 0.134. The number of hydrogen-bond acceptors (Lipinski definition) is 6. The van der Waals surface area contributed by atoms with E-state index >= 15 is 0 Å². The third-order valence-electron chi connectivity index (χ3n) is 3.67. The second kappa shape index (κ2) is 9.53. The van der Waals surface area contributed by atoms with E-state index in [1.165, 1.54) is 13.3 Å². The Bertz CT molecular complexity index is 727. The van der Waals surface area contributed by atoms with Crippen LogP contribution in [0.5, 0.6) is 0 Å². The highest BCUT2D eigenvalue weighted by molar-refractivity contribution is 5.94. The molecule has 2 rings (SSSR count). The van der Waals surface area contributed by atoms with Crippen molar-refractivity contribution in [2.45, 2.75) is 6.42 Å². The van der Waals surface area contributed by atoms with Crippen LogP contribution >= 0.6 is 0 Å². The number of esters is 1. The molecule has 2 N–H and O–H groups in total. The number of pyridine rings is 1. The van der Waals surface area contributed by atoms with Gasteiger partial charge in [-0.05, 0) is 63.5 Å². The Labute approximate surface area is 153 Å². The van der Waals surface area contributed by atoms with Crippen LogP contribution < -0.4 is 10.6 Å². The van der Waals surface area contributed by atoms with Crippen molar-refractivity contribution in [3.63, 3.8) is 0 Å². The number of carbonyl (C=O) groups excluding carboxylic acids is 2. The molecule has 1 amide bonds. The number of nitrogens with one attached hydrogen (secondary N) is 2. The molecule has 0 fully saturated rings. The Balaban J connectivity index is 1.88. The van der Waals surface area contributed by atoms with E-state index in [2.05, 4.69) is 25.3 Å². The molecule has 0 spiro atoms. The monoisotopic (exact) mass is 356 g/mol. The molecule has 7 heteroatoms. The van der Waals surface area contributed by atoms with Gasteiger partial charge in [0.1, 0.15) is 5.82 Å². The molecule has 0 aliphatic rings. The normalized spacial score (nSPS) is 10.5. The van der Waals surface area contributed by atoms with Gasteiger partial charge < -0.3 is 20.3 Å². The lowest BCUT2D eigenvalue weighted by Crippen LogP contribution is -2.27. The summed E-state index contributed by atoms with van der Waals surface area (Å²) in [4.78, 5) is 29.8. The molecule has 2 aromatic rings. The molecule has 0 aliphatic heterocycles. The number of carbonyl (C=O) groups is 2. The number of amides is 1. The second-order valence-electron chi connectivity index (χ2n) is 6.04. The predicted octanol–water partition coefficient (Wildman–Crippen LogP) is 2.29. The zero-order valence-corrected chi connectivity index (χ0v) is 15.3. The Kier molecular flexibility index (Phi) is 7.11. The number of methoxy groups -OCH3 is 1. The number of anilines is 2. The molecule has 0 unspecified atom stereocenters. The summed E-state index contributed by atoms with van der Waals surface area (Å²) in [6.07, 6.45) is 2.43. The van der Waals surface area contributed by atoms with Crippen molar-refractivity contribution >= 4 is 23.4 Å². The van der Waals surface area contributed by atoms with Crippen molar-refractivity contribution in [2.24, 2.45) is 0 Å². The third-order valence-corrected chi connectivity index (χ3v) is 3.67. The van der Waals surface area contributed by atoms with Gasteiger partial charge in [0, 0.05) is 18.4 Å². The van der Waals surface area contributed by atoms with Crippen molar-refractivity contribution in [3.05, 3.63) is 53.7 Å². The van der Waals surface area contributed by atoms with Crippen molar-refractivity contribution < 1.29 is 14.3 Å². The van der Waals surface area contributed by atoms with Crippen LogP contribution in [0, 0.1) is 0 Å². The van der Waals surface area contributed by atoms with Gasteiger partial charge in [-0.25, -0.2) is 9.78 Å². The SMILES string of the molecule is COC(=O)c1ccc(Nc2ccc(C(=O)NCCCN(C)C)cn2)cc1. The van der Waals surface area contributed by atoms with Crippen LogP contribution in [0.15, 0.2) is 42.6 Å². The van der Waals surface area contributed by atoms with Gasteiger partial charge in [0.05, 0.1) is 18.2 Å². The Hall–Kier alpha value is -2.93. The van der Waals surface area contributed by atoms with Crippen LogP contribution in [-0.2, 0) is 4.74 Å². The van der Waals surface area contributed by atoms with E-state index in [0.29, 0.717) is 23.5 Å². The average molecular weight is 356 g/mol. The summed E-state index contributed by atoms with van der Waals surface area (Å²) in [6.45, 7) is 1.56. The Morgan fingerprint density at radius 2 is 1.77 bits per heavy atom. The van der Waals surface area contributed by atoms with Gasteiger partial charge in [-0.2, -0.15) is 0 Å². The summed E-state index contributed by atoms with van der Waals surface area (Å²) in [5.41, 5.74) is 1.78. The highest BCUT2D eigenvalue weighted by Gasteiger charge is 2.07. The van der Waals surface area contributed by atoms with E-state index < -0.39 is 0 Å². The number of aromatic nitrogens is 1. The standard InChI is InChI=1S/C19H24N4O3/c1-23(2)12-4-11-20-18(24)15-7-10-17(21-13-15)22-16-8-5-14(6-9-16)19(25)26-3/h5-10,13H,4,11-12H2,1-3H3,(H,20,24)(H,21,22). The number of ether oxygens (including phenoxy) is 1. The molecule has 138 valence electrons. The fourth-order valence-corrected chi connectivity index (χ4v) is 2.26. The summed E-state index contributed by atoms with van der Waals surface area (Å²) in [7, 11) is 5.35. The van der Waals surface area contributed by atoms with E-state index in [9.17, 15) is 9.59 Å². The summed E-state index contributed by atoms with van der Waals surface area (Å²) in [5.74, 6) is 0.0980. The van der Waals surface area contributed by atoms with Crippen LogP contribution in [0.1, 0.15) is 27.1 Å². The third kappa shape index (κ3) is 5.86. The molecule has 0 saturated carbocycles. The first-order chi connectivity index (χ1) is 12.5. The van der Waals surface area contributed by atoms with E-state index in [1.54, 1.807) is 36.4 Å². The van der Waals surface area contributed by atoms with Crippen LogP contribution in [0.3, 0.4) is 0 Å². The number of benzene rings is 1.